The van der Waals surface area contributed by atoms with Crippen molar-refractivity contribution in [2.45, 2.75) is 20.8 Å². The van der Waals surface area contributed by atoms with Gasteiger partial charge in [0, 0.05) is 30.5 Å². The Hall–Kier alpha value is -1.26. The minimum Gasteiger partial charge on any atom is -0.381 e. The van der Waals surface area contributed by atoms with Crippen LogP contribution in [0.5, 0.6) is 0 Å². The van der Waals surface area contributed by atoms with Crippen LogP contribution in [-0.4, -0.2) is 43.7 Å². The third-order valence-electron chi connectivity index (χ3n) is 3.29. The van der Waals surface area contributed by atoms with Crippen LogP contribution >= 0.6 is 0 Å². The molecule has 0 radical (unpaired) electrons. The van der Waals surface area contributed by atoms with Crippen LogP contribution in [0, 0.1) is 11.3 Å². The summed E-state index contributed by atoms with van der Waals surface area (Å²) in [6.45, 7) is 8.90. The Bertz CT molecular complexity index is 323. The molecule has 1 amide bonds. The van der Waals surface area contributed by atoms with Gasteiger partial charge in [0.1, 0.15) is 6.54 Å². The highest BCUT2D eigenvalue weighted by molar-refractivity contribution is 5.78. The Labute approximate surface area is 102 Å². The summed E-state index contributed by atoms with van der Waals surface area (Å²) in [5, 5.41) is 3.31. The Morgan fingerprint density at radius 2 is 2.35 bits per heavy atom. The highest BCUT2D eigenvalue weighted by Crippen LogP contribution is 2.35. The van der Waals surface area contributed by atoms with Crippen molar-refractivity contribution in [1.82, 2.24) is 4.90 Å². The smallest absolute Gasteiger partial charge is 0.228 e. The summed E-state index contributed by atoms with van der Waals surface area (Å²) in [5.41, 5.74) is 8.25. The highest BCUT2D eigenvalue weighted by atomic mass is 16.5. The van der Waals surface area contributed by atoms with Crippen LogP contribution < -0.4 is 0 Å². The van der Waals surface area contributed by atoms with Crippen molar-refractivity contribution in [3.63, 3.8) is 0 Å². The van der Waals surface area contributed by atoms with Crippen LogP contribution in [0.2, 0.25) is 0 Å². The fraction of sp³-hybridized carbons (Fsp3) is 0.909. The van der Waals surface area contributed by atoms with Gasteiger partial charge in [0.2, 0.25) is 5.91 Å². The quantitative estimate of drug-likeness (QED) is 0.417. The number of carbonyl (C=O) groups is 1. The molecule has 0 N–H and O–H groups in total. The predicted octanol–water partition coefficient (Wildman–Crippen LogP) is 1.82. The first-order chi connectivity index (χ1) is 8.01. The number of likely N-dealkylation sites (tertiary alicyclic amines) is 1. The first-order valence-corrected chi connectivity index (χ1v) is 5.87. The maximum absolute atomic E-state index is 11.7. The van der Waals surface area contributed by atoms with Crippen LogP contribution in [0.25, 0.3) is 10.4 Å². The van der Waals surface area contributed by atoms with Gasteiger partial charge < -0.3 is 9.64 Å². The summed E-state index contributed by atoms with van der Waals surface area (Å²) >= 11 is 0. The number of carbonyl (C=O) groups excluding carboxylic acids is 1. The van der Waals surface area contributed by atoms with E-state index in [1.165, 1.54) is 0 Å². The summed E-state index contributed by atoms with van der Waals surface area (Å²) in [6, 6.07) is 0. The second kappa shape index (κ2) is 5.89. The summed E-state index contributed by atoms with van der Waals surface area (Å²) < 4.78 is 5.44. The molecule has 6 nitrogen and oxygen atoms in total. The van der Waals surface area contributed by atoms with E-state index in [0.717, 1.165) is 0 Å². The molecule has 0 saturated carbocycles. The lowest BCUT2D eigenvalue weighted by atomic mass is 9.83. The van der Waals surface area contributed by atoms with Gasteiger partial charge in [-0.1, -0.05) is 19.0 Å². The van der Waals surface area contributed by atoms with Gasteiger partial charge in [0.25, 0.3) is 0 Å². The third kappa shape index (κ3) is 3.61. The molecular formula is C11H20N4O2. The van der Waals surface area contributed by atoms with Gasteiger partial charge in [0.15, 0.2) is 0 Å². The van der Waals surface area contributed by atoms with E-state index in [1.54, 1.807) is 4.90 Å². The van der Waals surface area contributed by atoms with E-state index in [0.29, 0.717) is 32.2 Å². The Kier molecular flexibility index (Phi) is 4.78. The lowest BCUT2D eigenvalue weighted by molar-refractivity contribution is -0.129. The maximum atomic E-state index is 11.7. The minimum absolute atomic E-state index is 0.0567. The molecule has 6 heteroatoms. The molecule has 1 aliphatic heterocycles. The highest BCUT2D eigenvalue weighted by Gasteiger charge is 2.40. The minimum atomic E-state index is -0.102. The predicted molar refractivity (Wildman–Crippen MR) is 64.4 cm³/mol. The molecule has 0 aromatic rings. The van der Waals surface area contributed by atoms with Gasteiger partial charge in [-0.2, -0.15) is 0 Å². The largest absolute Gasteiger partial charge is 0.381 e. The molecule has 0 bridgehead atoms. The molecule has 1 unspecified atom stereocenters. The van der Waals surface area contributed by atoms with Crippen LogP contribution in [0.4, 0.5) is 0 Å². The van der Waals surface area contributed by atoms with Gasteiger partial charge in [-0.05, 0) is 17.9 Å². The number of ether oxygens (including phenoxy) is 1. The molecule has 1 heterocycles. The molecule has 0 spiro atoms. The van der Waals surface area contributed by atoms with Crippen LogP contribution in [0.3, 0.4) is 0 Å². The summed E-state index contributed by atoms with van der Waals surface area (Å²) in [4.78, 5) is 16.1. The Morgan fingerprint density at radius 1 is 1.65 bits per heavy atom. The molecule has 0 aromatic carbocycles. The average Bonchev–Trinajstić information content (AvgIpc) is 2.59. The van der Waals surface area contributed by atoms with Crippen molar-refractivity contribution in [3.05, 3.63) is 10.4 Å². The van der Waals surface area contributed by atoms with Crippen LogP contribution in [0.15, 0.2) is 5.11 Å². The van der Waals surface area contributed by atoms with Crippen molar-refractivity contribution in [3.8, 4) is 0 Å². The zero-order valence-electron chi connectivity index (χ0n) is 10.7. The lowest BCUT2D eigenvalue weighted by Gasteiger charge is -2.24. The summed E-state index contributed by atoms with van der Waals surface area (Å²) in [5.74, 6) is 0.243. The topological polar surface area (TPSA) is 78.3 Å². The van der Waals surface area contributed by atoms with Gasteiger partial charge >= 0.3 is 0 Å². The number of rotatable bonds is 5. The van der Waals surface area contributed by atoms with Crippen molar-refractivity contribution in [2.75, 3.05) is 32.8 Å². The fourth-order valence-electron chi connectivity index (χ4n) is 2.12. The number of hydrogen-bond donors (Lipinski definition) is 0. The lowest BCUT2D eigenvalue weighted by Crippen LogP contribution is -2.31. The molecule has 0 aliphatic carbocycles. The van der Waals surface area contributed by atoms with E-state index in [1.807, 2.05) is 6.92 Å². The third-order valence-corrected chi connectivity index (χ3v) is 3.29. The van der Waals surface area contributed by atoms with E-state index < -0.39 is 0 Å². The van der Waals surface area contributed by atoms with E-state index in [-0.39, 0.29) is 17.9 Å². The van der Waals surface area contributed by atoms with Crippen molar-refractivity contribution >= 4 is 5.91 Å². The second-order valence-corrected chi connectivity index (χ2v) is 5.01. The van der Waals surface area contributed by atoms with Crippen LogP contribution in [-0.2, 0) is 9.53 Å². The van der Waals surface area contributed by atoms with E-state index in [9.17, 15) is 4.79 Å². The molecule has 1 saturated heterocycles. The summed E-state index contributed by atoms with van der Waals surface area (Å²) in [7, 11) is 0. The molecule has 17 heavy (non-hydrogen) atoms. The molecule has 0 aromatic heterocycles. The van der Waals surface area contributed by atoms with Gasteiger partial charge in [-0.25, -0.2) is 0 Å². The van der Waals surface area contributed by atoms with Gasteiger partial charge in [-0.15, -0.1) is 0 Å². The zero-order valence-corrected chi connectivity index (χ0v) is 10.7. The van der Waals surface area contributed by atoms with Crippen LogP contribution in [0.1, 0.15) is 20.8 Å². The molecule has 1 rings (SSSR count). The monoisotopic (exact) mass is 240 g/mol. The Morgan fingerprint density at radius 3 is 2.94 bits per heavy atom. The van der Waals surface area contributed by atoms with Crippen molar-refractivity contribution < 1.29 is 9.53 Å². The molecule has 1 aliphatic rings. The second-order valence-electron chi connectivity index (χ2n) is 5.01. The van der Waals surface area contributed by atoms with Crippen molar-refractivity contribution in [1.29, 1.82) is 0 Å². The van der Waals surface area contributed by atoms with Gasteiger partial charge in [-0.3, -0.25) is 4.79 Å². The number of amides is 1. The van der Waals surface area contributed by atoms with E-state index in [4.69, 9.17) is 10.3 Å². The maximum Gasteiger partial charge on any atom is 0.228 e. The fourth-order valence-corrected chi connectivity index (χ4v) is 2.12. The normalized spacial score (nSPS) is 22.3. The number of azide groups is 1. The molecule has 1 fully saturated rings. The van der Waals surface area contributed by atoms with Gasteiger partial charge in [0.05, 0.1) is 6.61 Å². The SMILES string of the molecule is CCOCC1CN(C(=O)CN=[N+]=[N-])CC1(C)C. The number of nitrogens with zero attached hydrogens (tertiary/aromatic N) is 4. The summed E-state index contributed by atoms with van der Waals surface area (Å²) in [6.07, 6.45) is 0. The molecule has 96 valence electrons. The van der Waals surface area contributed by atoms with Crippen molar-refractivity contribution in [2.24, 2.45) is 16.4 Å². The zero-order chi connectivity index (χ0) is 12.9. The van der Waals surface area contributed by atoms with E-state index in [2.05, 4.69) is 23.9 Å². The molecular weight excluding hydrogens is 220 g/mol. The van der Waals surface area contributed by atoms with E-state index >= 15 is 0 Å². The first kappa shape index (κ1) is 13.8. The first-order valence-electron chi connectivity index (χ1n) is 5.87. The standard InChI is InChI=1S/C11H20N4O2/c1-4-17-7-9-6-15(8-11(9,2)3)10(16)5-13-14-12/h9H,4-8H2,1-3H3. The average molecular weight is 240 g/mol. The Balaban J connectivity index is 2.57. The molecule has 1 atom stereocenters. The number of hydrogen-bond acceptors (Lipinski definition) is 3.